The lowest BCUT2D eigenvalue weighted by molar-refractivity contribution is -0.106. The summed E-state index contributed by atoms with van der Waals surface area (Å²) >= 11 is 0. The predicted octanol–water partition coefficient (Wildman–Crippen LogP) is 1.35. The highest BCUT2D eigenvalue weighted by atomic mass is 16.6. The average Bonchev–Trinajstić information content (AvgIpc) is 1.86. The molecule has 0 radical (unpaired) electrons. The zero-order valence-electron chi connectivity index (χ0n) is 8.30. The van der Waals surface area contributed by atoms with Crippen LogP contribution in [-0.2, 0) is 9.53 Å². The maximum Gasteiger partial charge on any atom is 0.407 e. The van der Waals surface area contributed by atoms with E-state index in [1.165, 1.54) is 14.0 Å². The summed E-state index contributed by atoms with van der Waals surface area (Å²) in [6.45, 7) is 6.91. The third kappa shape index (κ3) is 16.0. The molecule has 0 aromatic rings. The molecule has 0 fully saturated rings. The highest BCUT2D eigenvalue weighted by Gasteiger charge is 2.13. The molecule has 4 nitrogen and oxygen atoms in total. The van der Waals surface area contributed by atoms with Gasteiger partial charge in [-0.1, -0.05) is 0 Å². The van der Waals surface area contributed by atoms with Gasteiger partial charge in [-0.3, -0.25) is 0 Å². The van der Waals surface area contributed by atoms with E-state index in [-0.39, 0.29) is 11.7 Å². The van der Waals surface area contributed by atoms with Crippen molar-refractivity contribution in [2.75, 3.05) is 7.05 Å². The quantitative estimate of drug-likeness (QED) is 0.565. The van der Waals surface area contributed by atoms with Gasteiger partial charge in [-0.2, -0.15) is 0 Å². The lowest BCUT2D eigenvalue weighted by Gasteiger charge is -2.18. The van der Waals surface area contributed by atoms with E-state index >= 15 is 0 Å². The first-order valence-electron chi connectivity index (χ1n) is 3.68. The van der Waals surface area contributed by atoms with Crippen molar-refractivity contribution in [2.24, 2.45) is 0 Å². The average molecular weight is 175 g/mol. The van der Waals surface area contributed by atoms with Crippen molar-refractivity contribution in [1.82, 2.24) is 5.32 Å². The fourth-order valence-electron chi connectivity index (χ4n) is 0.329. The molecule has 0 bridgehead atoms. The monoisotopic (exact) mass is 175 g/mol. The number of ether oxygens (including phenoxy) is 1. The number of hydrogen-bond acceptors (Lipinski definition) is 3. The van der Waals surface area contributed by atoms with Gasteiger partial charge in [0.05, 0.1) is 0 Å². The number of hydrogen-bond donors (Lipinski definition) is 1. The van der Waals surface area contributed by atoms with Crippen LogP contribution in [0.15, 0.2) is 0 Å². The van der Waals surface area contributed by atoms with E-state index in [1.54, 1.807) is 0 Å². The maximum atomic E-state index is 10.5. The summed E-state index contributed by atoms with van der Waals surface area (Å²) in [5, 5.41) is 2.36. The predicted molar refractivity (Wildman–Crippen MR) is 47.0 cm³/mol. The number of nitrogens with one attached hydrogen (secondary N) is 1. The van der Waals surface area contributed by atoms with Crippen LogP contribution in [0.2, 0.25) is 0 Å². The molecular formula is C8H17NO3. The van der Waals surface area contributed by atoms with Gasteiger partial charge in [-0.15, -0.1) is 0 Å². The van der Waals surface area contributed by atoms with E-state index in [4.69, 9.17) is 9.53 Å². The lowest BCUT2D eigenvalue weighted by atomic mass is 10.2. The Hall–Kier alpha value is -1.06. The van der Waals surface area contributed by atoms with Crippen LogP contribution in [0, 0.1) is 0 Å². The topological polar surface area (TPSA) is 55.4 Å². The summed E-state index contributed by atoms with van der Waals surface area (Å²) in [5.41, 5.74) is -0.389. The molecule has 0 atom stereocenters. The van der Waals surface area contributed by atoms with Gasteiger partial charge in [-0.25, -0.2) is 4.79 Å². The highest BCUT2D eigenvalue weighted by molar-refractivity contribution is 5.67. The smallest absolute Gasteiger partial charge is 0.407 e. The number of amides is 1. The van der Waals surface area contributed by atoms with Crippen LogP contribution in [0.4, 0.5) is 4.79 Å². The summed E-state index contributed by atoms with van der Waals surface area (Å²) < 4.78 is 4.84. The molecule has 1 amide bonds. The summed E-state index contributed by atoms with van der Waals surface area (Å²) in [5.74, 6) is 0. The molecule has 0 aliphatic heterocycles. The number of carbonyl (C=O) groups is 2. The molecule has 0 aromatic carbocycles. The summed E-state index contributed by atoms with van der Waals surface area (Å²) in [7, 11) is 1.54. The van der Waals surface area contributed by atoms with E-state index < -0.39 is 0 Å². The van der Waals surface area contributed by atoms with Crippen molar-refractivity contribution in [3.63, 3.8) is 0 Å². The fraction of sp³-hybridized carbons (Fsp3) is 0.750. The molecule has 0 unspecified atom stereocenters. The first-order valence-corrected chi connectivity index (χ1v) is 3.68. The molecule has 0 heterocycles. The Balaban J connectivity index is 0. The Kier molecular flexibility index (Phi) is 7.48. The molecule has 0 rings (SSSR count). The van der Waals surface area contributed by atoms with Gasteiger partial charge >= 0.3 is 6.09 Å². The second kappa shape index (κ2) is 6.64. The van der Waals surface area contributed by atoms with Gasteiger partial charge in [0.15, 0.2) is 0 Å². The molecule has 0 aliphatic carbocycles. The Morgan fingerprint density at radius 3 is 1.83 bits per heavy atom. The zero-order valence-corrected chi connectivity index (χ0v) is 8.30. The first-order chi connectivity index (χ1) is 5.37. The van der Waals surface area contributed by atoms with E-state index in [0.29, 0.717) is 0 Å². The van der Waals surface area contributed by atoms with Crippen molar-refractivity contribution in [1.29, 1.82) is 0 Å². The maximum absolute atomic E-state index is 10.5. The van der Waals surface area contributed by atoms with Gasteiger partial charge < -0.3 is 14.8 Å². The van der Waals surface area contributed by atoms with E-state index in [9.17, 15) is 4.79 Å². The second-order valence-electron chi connectivity index (χ2n) is 2.99. The molecule has 0 saturated heterocycles. The van der Waals surface area contributed by atoms with Crippen molar-refractivity contribution in [3.8, 4) is 0 Å². The molecule has 12 heavy (non-hydrogen) atoms. The van der Waals surface area contributed by atoms with Crippen LogP contribution in [0.25, 0.3) is 0 Å². The SMILES string of the molecule is CC=O.CNC(=O)OC(C)(C)C. The minimum Gasteiger partial charge on any atom is -0.444 e. The van der Waals surface area contributed by atoms with Crippen LogP contribution in [0.5, 0.6) is 0 Å². The minimum absolute atomic E-state index is 0.387. The number of rotatable bonds is 0. The van der Waals surface area contributed by atoms with Gasteiger partial charge in [0, 0.05) is 7.05 Å². The van der Waals surface area contributed by atoms with Crippen LogP contribution in [0.3, 0.4) is 0 Å². The number of carbonyl (C=O) groups excluding carboxylic acids is 2. The second-order valence-corrected chi connectivity index (χ2v) is 2.99. The minimum atomic E-state index is -0.389. The van der Waals surface area contributed by atoms with Crippen molar-refractivity contribution >= 4 is 12.4 Å². The Labute approximate surface area is 73.3 Å². The zero-order chi connectivity index (χ0) is 10.2. The Morgan fingerprint density at radius 1 is 1.42 bits per heavy atom. The highest BCUT2D eigenvalue weighted by Crippen LogP contribution is 2.05. The number of aldehydes is 1. The first kappa shape index (κ1) is 13.5. The number of alkyl carbamates (subject to hydrolysis) is 1. The van der Waals surface area contributed by atoms with Gasteiger partial charge in [0.25, 0.3) is 0 Å². The molecule has 0 aliphatic rings. The van der Waals surface area contributed by atoms with Crippen molar-refractivity contribution in [3.05, 3.63) is 0 Å². The summed E-state index contributed by atoms with van der Waals surface area (Å²) in [6, 6.07) is 0. The molecule has 0 aromatic heterocycles. The third-order valence-electron chi connectivity index (χ3n) is 0.603. The van der Waals surface area contributed by atoms with E-state index in [0.717, 1.165) is 6.29 Å². The van der Waals surface area contributed by atoms with Crippen molar-refractivity contribution < 1.29 is 14.3 Å². The van der Waals surface area contributed by atoms with Crippen LogP contribution >= 0.6 is 0 Å². The van der Waals surface area contributed by atoms with Crippen LogP contribution < -0.4 is 5.32 Å². The molecule has 72 valence electrons. The molecule has 1 N–H and O–H groups in total. The molecular weight excluding hydrogens is 158 g/mol. The van der Waals surface area contributed by atoms with Crippen LogP contribution in [0.1, 0.15) is 27.7 Å². The molecule has 4 heteroatoms. The molecule has 0 saturated carbocycles. The van der Waals surface area contributed by atoms with Gasteiger partial charge in [0.2, 0.25) is 0 Å². The van der Waals surface area contributed by atoms with E-state index in [1.807, 2.05) is 20.8 Å². The summed E-state index contributed by atoms with van der Waals surface area (Å²) in [4.78, 5) is 19.3. The van der Waals surface area contributed by atoms with E-state index in [2.05, 4.69) is 5.32 Å². The summed E-state index contributed by atoms with van der Waals surface area (Å²) in [6.07, 6.45) is 0.363. The largest absolute Gasteiger partial charge is 0.444 e. The fourth-order valence-corrected chi connectivity index (χ4v) is 0.329. The Bertz CT molecular complexity index is 138. The normalized spacial score (nSPS) is 9.08. The van der Waals surface area contributed by atoms with Gasteiger partial charge in [0.1, 0.15) is 11.9 Å². The van der Waals surface area contributed by atoms with Gasteiger partial charge in [-0.05, 0) is 27.7 Å². The Morgan fingerprint density at radius 2 is 1.75 bits per heavy atom. The van der Waals surface area contributed by atoms with Crippen molar-refractivity contribution in [2.45, 2.75) is 33.3 Å². The lowest BCUT2D eigenvalue weighted by Crippen LogP contribution is -2.30. The molecule has 0 spiro atoms. The van der Waals surface area contributed by atoms with Crippen LogP contribution in [-0.4, -0.2) is 25.0 Å². The third-order valence-corrected chi connectivity index (χ3v) is 0.603. The standard InChI is InChI=1S/C6H13NO2.C2H4O/c1-6(2,3)9-5(8)7-4;1-2-3/h1-4H3,(H,7,8);2H,1H3.